The van der Waals surface area contributed by atoms with Crippen LogP contribution in [0.25, 0.3) is 0 Å². The van der Waals surface area contributed by atoms with Crippen molar-refractivity contribution < 1.29 is 0 Å². The van der Waals surface area contributed by atoms with Gasteiger partial charge in [0.2, 0.25) is 0 Å². The molecule has 5 heteroatoms. The molecule has 66 valence electrons. The summed E-state index contributed by atoms with van der Waals surface area (Å²) in [6.45, 7) is 2.87. The summed E-state index contributed by atoms with van der Waals surface area (Å²) in [7, 11) is 0. The minimum atomic E-state index is -0.322. The van der Waals surface area contributed by atoms with Crippen LogP contribution in [0.3, 0.4) is 0 Å². The van der Waals surface area contributed by atoms with Crippen LogP contribution < -0.4 is 10.9 Å². The first-order valence-corrected chi connectivity index (χ1v) is 4.07. The lowest BCUT2D eigenvalue weighted by Crippen LogP contribution is -2.15. The van der Waals surface area contributed by atoms with Gasteiger partial charge in [-0.05, 0) is 6.42 Å². The number of halogens is 1. The molecule has 0 aliphatic carbocycles. The van der Waals surface area contributed by atoms with Crippen LogP contribution >= 0.6 is 11.8 Å². The van der Waals surface area contributed by atoms with E-state index in [4.69, 9.17) is 11.8 Å². The molecule has 12 heavy (non-hydrogen) atoms. The molecule has 0 fully saturated rings. The SMILES string of the molecule is CCCNc1cnn(Cl)c(=O)c1. The Hall–Kier alpha value is -1.03. The molecule has 1 N–H and O–H groups in total. The Labute approximate surface area is 75.3 Å². The Morgan fingerprint density at radius 3 is 3.08 bits per heavy atom. The van der Waals surface area contributed by atoms with Gasteiger partial charge in [-0.3, -0.25) is 4.79 Å². The number of anilines is 1. The standard InChI is InChI=1S/C7H10ClN3O/c1-2-3-9-6-4-7(12)11(8)10-5-6/h4-5,9H,2-3H2,1H3. The number of rotatable bonds is 3. The molecule has 1 aromatic heterocycles. The molecule has 0 saturated heterocycles. The van der Waals surface area contributed by atoms with Crippen LogP contribution in [-0.2, 0) is 0 Å². The third-order valence-electron chi connectivity index (χ3n) is 1.34. The highest BCUT2D eigenvalue weighted by Crippen LogP contribution is 1.99. The third kappa shape index (κ3) is 2.23. The molecular formula is C7H10ClN3O. The Morgan fingerprint density at radius 2 is 2.50 bits per heavy atom. The van der Waals surface area contributed by atoms with Crippen molar-refractivity contribution in [3.8, 4) is 0 Å². The molecule has 0 aliphatic heterocycles. The maximum absolute atomic E-state index is 10.9. The van der Waals surface area contributed by atoms with Crippen molar-refractivity contribution in [3.63, 3.8) is 0 Å². The number of aromatic nitrogens is 2. The van der Waals surface area contributed by atoms with E-state index in [1.165, 1.54) is 12.3 Å². The van der Waals surface area contributed by atoms with E-state index < -0.39 is 0 Å². The highest BCUT2D eigenvalue weighted by atomic mass is 35.5. The van der Waals surface area contributed by atoms with E-state index in [0.29, 0.717) is 5.69 Å². The first-order valence-electron chi connectivity index (χ1n) is 3.73. The van der Waals surface area contributed by atoms with Crippen molar-refractivity contribution in [1.82, 2.24) is 9.30 Å². The molecular weight excluding hydrogens is 178 g/mol. The van der Waals surface area contributed by atoms with E-state index >= 15 is 0 Å². The molecule has 0 spiro atoms. The van der Waals surface area contributed by atoms with Gasteiger partial charge in [-0.25, -0.2) is 0 Å². The van der Waals surface area contributed by atoms with Crippen molar-refractivity contribution in [2.75, 3.05) is 11.9 Å². The second-order valence-corrected chi connectivity index (χ2v) is 2.69. The van der Waals surface area contributed by atoms with Gasteiger partial charge in [0.1, 0.15) is 0 Å². The average molecular weight is 188 g/mol. The van der Waals surface area contributed by atoms with Crippen LogP contribution in [0.2, 0.25) is 0 Å². The summed E-state index contributed by atoms with van der Waals surface area (Å²) in [6, 6.07) is 1.41. The summed E-state index contributed by atoms with van der Waals surface area (Å²) in [5.74, 6) is 0. The van der Waals surface area contributed by atoms with Crippen molar-refractivity contribution in [2.24, 2.45) is 0 Å². The lowest BCUT2D eigenvalue weighted by Gasteiger charge is -2.02. The van der Waals surface area contributed by atoms with E-state index in [1.54, 1.807) is 0 Å². The maximum Gasteiger partial charge on any atom is 0.284 e. The molecule has 0 amide bonds. The van der Waals surface area contributed by atoms with Crippen molar-refractivity contribution in [2.45, 2.75) is 13.3 Å². The van der Waals surface area contributed by atoms with Gasteiger partial charge in [-0.1, -0.05) is 6.92 Å². The largest absolute Gasteiger partial charge is 0.384 e. The molecule has 0 aromatic carbocycles. The molecule has 1 rings (SSSR count). The predicted molar refractivity (Wildman–Crippen MR) is 48.5 cm³/mol. The quantitative estimate of drug-likeness (QED) is 0.770. The molecule has 0 saturated carbocycles. The zero-order chi connectivity index (χ0) is 8.97. The number of nitrogens with zero attached hydrogens (tertiary/aromatic N) is 2. The molecule has 0 aliphatic rings. The van der Waals surface area contributed by atoms with Crippen LogP contribution in [0.5, 0.6) is 0 Å². The zero-order valence-corrected chi connectivity index (χ0v) is 7.51. The summed E-state index contributed by atoms with van der Waals surface area (Å²) in [5.41, 5.74) is 0.386. The molecule has 1 aromatic rings. The second-order valence-electron chi connectivity index (χ2n) is 2.37. The van der Waals surface area contributed by atoms with Crippen LogP contribution in [-0.4, -0.2) is 15.8 Å². The average Bonchev–Trinajstić information content (AvgIpc) is 2.07. The van der Waals surface area contributed by atoms with Crippen molar-refractivity contribution in [1.29, 1.82) is 0 Å². The van der Waals surface area contributed by atoms with E-state index in [0.717, 1.165) is 17.2 Å². The summed E-state index contributed by atoms with van der Waals surface area (Å²) < 4.78 is 0.775. The lowest BCUT2D eigenvalue weighted by atomic mass is 10.4. The van der Waals surface area contributed by atoms with E-state index in [9.17, 15) is 4.79 Å². The van der Waals surface area contributed by atoms with Gasteiger partial charge in [0.25, 0.3) is 5.56 Å². The molecule has 0 atom stereocenters. The zero-order valence-electron chi connectivity index (χ0n) is 6.75. The fraction of sp³-hybridized carbons (Fsp3) is 0.429. The van der Waals surface area contributed by atoms with Gasteiger partial charge in [-0.2, -0.15) is 5.10 Å². The van der Waals surface area contributed by atoms with Gasteiger partial charge < -0.3 is 5.32 Å². The van der Waals surface area contributed by atoms with Gasteiger partial charge >= 0.3 is 0 Å². The molecule has 0 unspecified atom stereocenters. The second kappa shape index (κ2) is 4.11. The first kappa shape index (κ1) is 9.06. The summed E-state index contributed by atoms with van der Waals surface area (Å²) in [5, 5.41) is 6.67. The van der Waals surface area contributed by atoms with Crippen molar-refractivity contribution >= 4 is 17.5 Å². The highest BCUT2D eigenvalue weighted by molar-refractivity contribution is 6.14. The molecule has 0 radical (unpaired) electrons. The minimum absolute atomic E-state index is 0.322. The predicted octanol–water partition coefficient (Wildman–Crippen LogP) is 1.07. The first-order chi connectivity index (χ1) is 5.74. The van der Waals surface area contributed by atoms with Gasteiger partial charge in [0, 0.05) is 24.4 Å². The monoisotopic (exact) mass is 187 g/mol. The smallest absolute Gasteiger partial charge is 0.284 e. The molecule has 1 heterocycles. The fourth-order valence-electron chi connectivity index (χ4n) is 0.759. The summed E-state index contributed by atoms with van der Waals surface area (Å²) in [4.78, 5) is 10.9. The van der Waals surface area contributed by atoms with E-state index in [-0.39, 0.29) is 5.56 Å². The minimum Gasteiger partial charge on any atom is -0.384 e. The Morgan fingerprint density at radius 1 is 1.75 bits per heavy atom. The van der Waals surface area contributed by atoms with Crippen LogP contribution in [0.1, 0.15) is 13.3 Å². The van der Waals surface area contributed by atoms with Gasteiger partial charge in [0.15, 0.2) is 0 Å². The number of hydrogen-bond donors (Lipinski definition) is 1. The van der Waals surface area contributed by atoms with Crippen LogP contribution in [0.15, 0.2) is 17.1 Å². The maximum atomic E-state index is 10.9. The number of nitrogens with one attached hydrogen (secondary N) is 1. The van der Waals surface area contributed by atoms with Crippen LogP contribution in [0, 0.1) is 0 Å². The Balaban J connectivity index is 2.76. The summed E-state index contributed by atoms with van der Waals surface area (Å²) >= 11 is 5.38. The van der Waals surface area contributed by atoms with Gasteiger partial charge in [-0.15, -0.1) is 4.20 Å². The van der Waals surface area contributed by atoms with E-state index in [1.807, 2.05) is 6.92 Å². The van der Waals surface area contributed by atoms with Crippen molar-refractivity contribution in [3.05, 3.63) is 22.6 Å². The highest BCUT2D eigenvalue weighted by Gasteiger charge is 1.95. The Kier molecular flexibility index (Phi) is 3.10. The third-order valence-corrected chi connectivity index (χ3v) is 1.59. The molecule has 4 nitrogen and oxygen atoms in total. The lowest BCUT2D eigenvalue weighted by molar-refractivity contribution is 0.895. The normalized spacial score (nSPS) is 9.83. The summed E-state index contributed by atoms with van der Waals surface area (Å²) in [6.07, 6.45) is 2.52. The van der Waals surface area contributed by atoms with E-state index in [2.05, 4.69) is 10.4 Å². The number of hydrogen-bond acceptors (Lipinski definition) is 3. The fourth-order valence-corrected chi connectivity index (χ4v) is 0.852. The topological polar surface area (TPSA) is 46.9 Å². The van der Waals surface area contributed by atoms with Gasteiger partial charge in [0.05, 0.1) is 11.9 Å². The Bertz CT molecular complexity index is 310. The molecule has 0 bridgehead atoms. The van der Waals surface area contributed by atoms with Crippen LogP contribution in [0.4, 0.5) is 5.69 Å².